The summed E-state index contributed by atoms with van der Waals surface area (Å²) in [5.74, 6) is -3.18. The molecule has 98 valence electrons. The van der Waals surface area contributed by atoms with Crippen molar-refractivity contribution in [1.82, 2.24) is 5.32 Å². The maximum atomic E-state index is 13.5. The van der Waals surface area contributed by atoms with Crippen molar-refractivity contribution >= 4 is 12.2 Å². The summed E-state index contributed by atoms with van der Waals surface area (Å²) < 4.78 is 31.8. The number of carbonyl (C=O) groups is 2. The van der Waals surface area contributed by atoms with E-state index in [1.54, 1.807) is 6.92 Å². The van der Waals surface area contributed by atoms with Gasteiger partial charge in [-0.1, -0.05) is 0 Å². The molecular weight excluding hydrogens is 244 g/mol. The highest BCUT2D eigenvalue weighted by Gasteiger charge is 2.19. The van der Waals surface area contributed by atoms with Gasteiger partial charge in [0.15, 0.2) is 23.5 Å². The number of amides is 1. The van der Waals surface area contributed by atoms with Gasteiger partial charge in [-0.15, -0.1) is 0 Å². The van der Waals surface area contributed by atoms with Crippen molar-refractivity contribution in [3.8, 4) is 5.75 Å². The Balaban J connectivity index is 2.91. The molecule has 0 heterocycles. The maximum Gasteiger partial charge on any atom is 0.260 e. The van der Waals surface area contributed by atoms with Gasteiger partial charge in [-0.2, -0.15) is 0 Å². The zero-order valence-electron chi connectivity index (χ0n) is 10.00. The van der Waals surface area contributed by atoms with Crippen LogP contribution in [0, 0.1) is 11.6 Å². The lowest BCUT2D eigenvalue weighted by atomic mass is 10.2. The smallest absolute Gasteiger partial charge is 0.260 e. The van der Waals surface area contributed by atoms with Crippen molar-refractivity contribution < 1.29 is 23.1 Å². The van der Waals surface area contributed by atoms with E-state index in [2.05, 4.69) is 5.32 Å². The highest BCUT2D eigenvalue weighted by atomic mass is 19.1. The van der Waals surface area contributed by atoms with E-state index >= 15 is 0 Å². The first-order chi connectivity index (χ1) is 8.49. The normalized spacial score (nSPS) is 11.8. The Morgan fingerprint density at radius 2 is 2.00 bits per heavy atom. The van der Waals surface area contributed by atoms with Crippen LogP contribution >= 0.6 is 0 Å². The molecule has 0 aliphatic heterocycles. The van der Waals surface area contributed by atoms with Gasteiger partial charge in [0.05, 0.1) is 0 Å². The van der Waals surface area contributed by atoms with Crippen molar-refractivity contribution in [1.29, 1.82) is 0 Å². The fourth-order valence-corrected chi connectivity index (χ4v) is 1.31. The van der Waals surface area contributed by atoms with E-state index in [0.29, 0.717) is 12.8 Å². The van der Waals surface area contributed by atoms with E-state index in [1.165, 1.54) is 6.92 Å². The predicted molar refractivity (Wildman–Crippen MR) is 60.5 cm³/mol. The van der Waals surface area contributed by atoms with Crippen LogP contribution in [0.15, 0.2) is 12.1 Å². The fraction of sp³-hybridized carbons (Fsp3) is 0.333. The summed E-state index contributed by atoms with van der Waals surface area (Å²) in [6.07, 6.45) is -0.709. The summed E-state index contributed by atoms with van der Waals surface area (Å²) in [6, 6.07) is 1.69. The van der Waals surface area contributed by atoms with Crippen LogP contribution in [0.5, 0.6) is 5.75 Å². The largest absolute Gasteiger partial charge is 0.475 e. The molecule has 18 heavy (non-hydrogen) atoms. The molecule has 0 radical (unpaired) electrons. The minimum Gasteiger partial charge on any atom is -0.475 e. The standard InChI is InChI=1S/C12H13F2NO3/c1-3-15-12(17)7(2)18-11-9(13)4-8(6-16)5-10(11)14/h4-7H,3H2,1-2H3,(H,15,17). The van der Waals surface area contributed by atoms with Crippen molar-refractivity contribution in [3.05, 3.63) is 29.3 Å². The van der Waals surface area contributed by atoms with Crippen molar-refractivity contribution in [3.63, 3.8) is 0 Å². The fourth-order valence-electron chi connectivity index (χ4n) is 1.31. The average Bonchev–Trinajstić information content (AvgIpc) is 2.33. The minimum atomic E-state index is -1.03. The number of likely N-dealkylation sites (N-methyl/N-ethyl adjacent to an activating group) is 1. The molecule has 6 heteroatoms. The molecule has 0 aromatic heterocycles. The van der Waals surface area contributed by atoms with Gasteiger partial charge in [-0.25, -0.2) is 8.78 Å². The topological polar surface area (TPSA) is 55.4 Å². The SMILES string of the molecule is CCNC(=O)C(C)Oc1c(F)cc(C=O)cc1F. The van der Waals surface area contributed by atoms with E-state index < -0.39 is 29.4 Å². The Morgan fingerprint density at radius 3 is 2.44 bits per heavy atom. The number of aldehydes is 1. The van der Waals surface area contributed by atoms with Gasteiger partial charge in [-0.05, 0) is 26.0 Å². The highest BCUT2D eigenvalue weighted by Crippen LogP contribution is 2.23. The molecule has 1 atom stereocenters. The molecule has 4 nitrogen and oxygen atoms in total. The Bertz CT molecular complexity index is 440. The molecule has 0 saturated heterocycles. The van der Waals surface area contributed by atoms with Gasteiger partial charge in [0.2, 0.25) is 0 Å². The van der Waals surface area contributed by atoms with Gasteiger partial charge >= 0.3 is 0 Å². The third-order valence-corrected chi connectivity index (χ3v) is 2.17. The number of carbonyl (C=O) groups excluding carboxylic acids is 2. The molecule has 1 unspecified atom stereocenters. The lowest BCUT2D eigenvalue weighted by molar-refractivity contribution is -0.127. The van der Waals surface area contributed by atoms with Gasteiger partial charge in [-0.3, -0.25) is 9.59 Å². The van der Waals surface area contributed by atoms with E-state index in [4.69, 9.17) is 4.74 Å². The van der Waals surface area contributed by atoms with Gasteiger partial charge in [0.25, 0.3) is 5.91 Å². The molecule has 1 rings (SSSR count). The lowest BCUT2D eigenvalue weighted by Crippen LogP contribution is -2.36. The Labute approximate surface area is 103 Å². The Hall–Kier alpha value is -1.98. The molecule has 0 aliphatic rings. The number of hydrogen-bond donors (Lipinski definition) is 1. The molecule has 1 aromatic carbocycles. The number of rotatable bonds is 5. The zero-order valence-corrected chi connectivity index (χ0v) is 10.00. The maximum absolute atomic E-state index is 13.5. The second-order valence-corrected chi connectivity index (χ2v) is 3.59. The summed E-state index contributed by atoms with van der Waals surface area (Å²) in [7, 11) is 0. The van der Waals surface area contributed by atoms with Crippen LogP contribution < -0.4 is 10.1 Å². The van der Waals surface area contributed by atoms with Crippen LogP contribution in [0.25, 0.3) is 0 Å². The third kappa shape index (κ3) is 3.26. The second kappa shape index (κ2) is 6.09. The molecule has 1 aromatic rings. The van der Waals surface area contributed by atoms with Crippen LogP contribution in [0.3, 0.4) is 0 Å². The van der Waals surface area contributed by atoms with Crippen LogP contribution in [-0.4, -0.2) is 24.8 Å². The van der Waals surface area contributed by atoms with Crippen LogP contribution in [0.2, 0.25) is 0 Å². The summed E-state index contributed by atoms with van der Waals surface area (Å²) in [5.41, 5.74) is -0.136. The molecule has 0 bridgehead atoms. The Kier molecular flexibility index (Phi) is 4.76. The average molecular weight is 257 g/mol. The van der Waals surface area contributed by atoms with Crippen LogP contribution in [0.1, 0.15) is 24.2 Å². The van der Waals surface area contributed by atoms with Crippen molar-refractivity contribution in [2.45, 2.75) is 20.0 Å². The van der Waals surface area contributed by atoms with E-state index in [0.717, 1.165) is 12.1 Å². The molecule has 0 saturated carbocycles. The number of halogens is 2. The number of nitrogens with one attached hydrogen (secondary N) is 1. The number of benzene rings is 1. The summed E-state index contributed by atoms with van der Waals surface area (Å²) in [4.78, 5) is 21.8. The molecule has 0 spiro atoms. The first-order valence-corrected chi connectivity index (χ1v) is 5.38. The molecule has 1 N–H and O–H groups in total. The number of ether oxygens (including phenoxy) is 1. The molecule has 0 fully saturated rings. The molecule has 1 amide bonds. The summed E-state index contributed by atoms with van der Waals surface area (Å²) in [6.45, 7) is 3.48. The minimum absolute atomic E-state index is 0.136. The highest BCUT2D eigenvalue weighted by molar-refractivity contribution is 5.80. The molecule has 0 aliphatic carbocycles. The summed E-state index contributed by atoms with van der Waals surface area (Å²) in [5, 5.41) is 2.46. The van der Waals surface area contributed by atoms with Gasteiger partial charge < -0.3 is 10.1 Å². The Morgan fingerprint density at radius 1 is 1.44 bits per heavy atom. The van der Waals surface area contributed by atoms with Gasteiger partial charge in [0, 0.05) is 12.1 Å². The molecular formula is C12H13F2NO3. The van der Waals surface area contributed by atoms with Crippen LogP contribution in [-0.2, 0) is 4.79 Å². The van der Waals surface area contributed by atoms with Crippen molar-refractivity contribution in [2.24, 2.45) is 0 Å². The monoisotopic (exact) mass is 257 g/mol. The lowest BCUT2D eigenvalue weighted by Gasteiger charge is -2.15. The quantitative estimate of drug-likeness (QED) is 0.816. The van der Waals surface area contributed by atoms with E-state index in [9.17, 15) is 18.4 Å². The second-order valence-electron chi connectivity index (χ2n) is 3.59. The van der Waals surface area contributed by atoms with Gasteiger partial charge in [0.1, 0.15) is 6.29 Å². The zero-order chi connectivity index (χ0) is 13.7. The van der Waals surface area contributed by atoms with E-state index in [-0.39, 0.29) is 5.56 Å². The first kappa shape index (κ1) is 14.1. The third-order valence-electron chi connectivity index (χ3n) is 2.17. The first-order valence-electron chi connectivity index (χ1n) is 5.38. The van der Waals surface area contributed by atoms with E-state index in [1.807, 2.05) is 0 Å². The van der Waals surface area contributed by atoms with Crippen molar-refractivity contribution in [2.75, 3.05) is 6.54 Å². The van der Waals surface area contributed by atoms with Crippen LogP contribution in [0.4, 0.5) is 8.78 Å². The summed E-state index contributed by atoms with van der Waals surface area (Å²) >= 11 is 0. The number of hydrogen-bond acceptors (Lipinski definition) is 3. The predicted octanol–water partition coefficient (Wildman–Crippen LogP) is 1.68.